The smallest absolute Gasteiger partial charge is 0.0637 e. The van der Waals surface area contributed by atoms with Crippen LogP contribution in [0.15, 0.2) is 0 Å². The molecule has 1 unspecified atom stereocenters. The van der Waals surface area contributed by atoms with Gasteiger partial charge in [0, 0.05) is 20.3 Å². The van der Waals surface area contributed by atoms with E-state index in [2.05, 4.69) is 33.0 Å². The maximum absolute atomic E-state index is 5.46. The van der Waals surface area contributed by atoms with Crippen LogP contribution in [0.1, 0.15) is 47.0 Å². The van der Waals surface area contributed by atoms with Crippen LogP contribution in [-0.4, -0.2) is 38.5 Å². The third-order valence-electron chi connectivity index (χ3n) is 3.35. The summed E-state index contributed by atoms with van der Waals surface area (Å²) in [4.78, 5) is 0. The van der Waals surface area contributed by atoms with Gasteiger partial charge in [0.1, 0.15) is 0 Å². The first-order valence-corrected chi connectivity index (χ1v) is 6.04. The quantitative estimate of drug-likeness (QED) is 0.696. The maximum atomic E-state index is 5.46. The maximum Gasteiger partial charge on any atom is 0.0637 e. The van der Waals surface area contributed by atoms with Crippen molar-refractivity contribution < 1.29 is 9.47 Å². The predicted octanol–water partition coefficient (Wildman–Crippen LogP) is 2.59. The average molecular weight is 231 g/mol. The summed E-state index contributed by atoms with van der Waals surface area (Å²) in [6.45, 7) is 8.50. The second-order valence-corrected chi connectivity index (χ2v) is 5.66. The first kappa shape index (κ1) is 15.9. The summed E-state index contributed by atoms with van der Waals surface area (Å²) in [6.07, 6.45) is 3.17. The van der Waals surface area contributed by atoms with E-state index < -0.39 is 0 Å². The van der Waals surface area contributed by atoms with Gasteiger partial charge >= 0.3 is 0 Å². The van der Waals surface area contributed by atoms with E-state index in [1.165, 1.54) is 0 Å². The molecule has 3 heteroatoms. The normalized spacial score (nSPS) is 15.2. The van der Waals surface area contributed by atoms with Crippen LogP contribution < -0.4 is 5.32 Å². The molecule has 98 valence electrons. The Balaban J connectivity index is 4.12. The van der Waals surface area contributed by atoms with E-state index in [9.17, 15) is 0 Å². The lowest BCUT2D eigenvalue weighted by Crippen LogP contribution is -2.37. The second kappa shape index (κ2) is 6.58. The summed E-state index contributed by atoms with van der Waals surface area (Å²) in [5.41, 5.74) is -0.1000. The van der Waals surface area contributed by atoms with E-state index in [4.69, 9.17) is 9.47 Å². The summed E-state index contributed by atoms with van der Waals surface area (Å²) in [5.74, 6) is 0. The molecule has 0 aromatic carbocycles. The van der Waals surface area contributed by atoms with Gasteiger partial charge in [-0.3, -0.25) is 0 Å². The Kier molecular flexibility index (Phi) is 6.53. The largest absolute Gasteiger partial charge is 0.379 e. The van der Waals surface area contributed by atoms with Gasteiger partial charge in [0.2, 0.25) is 0 Å². The monoisotopic (exact) mass is 231 g/mol. The molecule has 0 rings (SSSR count). The van der Waals surface area contributed by atoms with Crippen molar-refractivity contribution in [2.45, 2.75) is 64.2 Å². The molecule has 1 N–H and O–H groups in total. The topological polar surface area (TPSA) is 30.5 Å². The highest BCUT2D eigenvalue weighted by molar-refractivity contribution is 4.80. The Morgan fingerprint density at radius 1 is 1.00 bits per heavy atom. The number of nitrogens with one attached hydrogen (secondary N) is 1. The lowest BCUT2D eigenvalue weighted by atomic mass is 9.92. The van der Waals surface area contributed by atoms with Gasteiger partial charge < -0.3 is 14.8 Å². The van der Waals surface area contributed by atoms with Crippen molar-refractivity contribution in [2.75, 3.05) is 21.3 Å². The van der Waals surface area contributed by atoms with Crippen LogP contribution in [0.3, 0.4) is 0 Å². The fourth-order valence-corrected chi connectivity index (χ4v) is 1.65. The van der Waals surface area contributed by atoms with Gasteiger partial charge in [-0.1, -0.05) is 0 Å². The molecule has 0 heterocycles. The van der Waals surface area contributed by atoms with Gasteiger partial charge in [0.05, 0.1) is 11.2 Å². The highest BCUT2D eigenvalue weighted by atomic mass is 16.5. The van der Waals surface area contributed by atoms with Gasteiger partial charge in [0.15, 0.2) is 0 Å². The van der Waals surface area contributed by atoms with Crippen molar-refractivity contribution in [1.82, 2.24) is 5.32 Å². The number of rotatable bonds is 8. The fraction of sp³-hybridized carbons (Fsp3) is 1.00. The van der Waals surface area contributed by atoms with E-state index in [0.29, 0.717) is 6.04 Å². The highest BCUT2D eigenvalue weighted by Gasteiger charge is 2.24. The van der Waals surface area contributed by atoms with Crippen LogP contribution in [0.25, 0.3) is 0 Å². The van der Waals surface area contributed by atoms with E-state index in [1.54, 1.807) is 14.2 Å². The van der Waals surface area contributed by atoms with Crippen LogP contribution >= 0.6 is 0 Å². The number of methoxy groups -OCH3 is 2. The number of ether oxygens (including phenoxy) is 2. The molecular weight excluding hydrogens is 202 g/mol. The molecule has 3 nitrogen and oxygen atoms in total. The molecule has 0 radical (unpaired) electrons. The van der Waals surface area contributed by atoms with Crippen molar-refractivity contribution in [2.24, 2.45) is 0 Å². The lowest BCUT2D eigenvalue weighted by Gasteiger charge is -2.31. The fourth-order valence-electron chi connectivity index (χ4n) is 1.65. The molecule has 0 aromatic heterocycles. The summed E-state index contributed by atoms with van der Waals surface area (Å²) in [6, 6.07) is 0.476. The third-order valence-corrected chi connectivity index (χ3v) is 3.35. The Labute approximate surface area is 101 Å². The predicted molar refractivity (Wildman–Crippen MR) is 68.9 cm³/mol. The summed E-state index contributed by atoms with van der Waals surface area (Å²) in [5, 5.41) is 3.35. The SMILES string of the molecule is CNC(CCC(C)(C)OC)CC(C)(C)OC. The Morgan fingerprint density at radius 3 is 1.88 bits per heavy atom. The van der Waals surface area contributed by atoms with E-state index in [0.717, 1.165) is 19.3 Å². The molecule has 0 saturated carbocycles. The zero-order valence-corrected chi connectivity index (χ0v) is 12.0. The van der Waals surface area contributed by atoms with Crippen LogP contribution in [0.2, 0.25) is 0 Å². The lowest BCUT2D eigenvalue weighted by molar-refractivity contribution is -0.00531. The number of hydrogen-bond acceptors (Lipinski definition) is 3. The molecule has 16 heavy (non-hydrogen) atoms. The van der Waals surface area contributed by atoms with Crippen LogP contribution in [-0.2, 0) is 9.47 Å². The molecule has 0 aliphatic carbocycles. The molecule has 0 saturated heterocycles. The highest BCUT2D eigenvalue weighted by Crippen LogP contribution is 2.22. The van der Waals surface area contributed by atoms with Crippen LogP contribution in [0.4, 0.5) is 0 Å². The number of hydrogen-bond donors (Lipinski definition) is 1. The molecule has 0 aliphatic rings. The summed E-state index contributed by atoms with van der Waals surface area (Å²) < 4.78 is 10.9. The van der Waals surface area contributed by atoms with E-state index in [1.807, 2.05) is 7.05 Å². The van der Waals surface area contributed by atoms with Crippen molar-refractivity contribution in [3.05, 3.63) is 0 Å². The third kappa shape index (κ3) is 6.46. The summed E-state index contributed by atoms with van der Waals surface area (Å²) in [7, 11) is 5.55. The van der Waals surface area contributed by atoms with Gasteiger partial charge in [-0.15, -0.1) is 0 Å². The van der Waals surface area contributed by atoms with E-state index >= 15 is 0 Å². The van der Waals surface area contributed by atoms with Gasteiger partial charge in [-0.05, 0) is 54.0 Å². The van der Waals surface area contributed by atoms with Crippen molar-refractivity contribution >= 4 is 0 Å². The molecule has 0 amide bonds. The van der Waals surface area contributed by atoms with Crippen molar-refractivity contribution in [1.29, 1.82) is 0 Å². The minimum absolute atomic E-state index is 0.0354. The molecule has 0 bridgehead atoms. The second-order valence-electron chi connectivity index (χ2n) is 5.66. The average Bonchev–Trinajstić information content (AvgIpc) is 2.24. The molecule has 0 aliphatic heterocycles. The Hall–Kier alpha value is -0.120. The summed E-state index contributed by atoms with van der Waals surface area (Å²) >= 11 is 0. The van der Waals surface area contributed by atoms with Crippen LogP contribution in [0.5, 0.6) is 0 Å². The first-order chi connectivity index (χ1) is 7.26. The zero-order valence-electron chi connectivity index (χ0n) is 12.0. The molecule has 1 atom stereocenters. The van der Waals surface area contributed by atoms with Crippen molar-refractivity contribution in [3.63, 3.8) is 0 Å². The standard InChI is InChI=1S/C13H29NO2/c1-12(2,15-6)9-8-11(14-5)10-13(3,4)16-7/h11,14H,8-10H2,1-7H3. The minimum Gasteiger partial charge on any atom is -0.379 e. The minimum atomic E-state index is -0.0646. The van der Waals surface area contributed by atoms with Crippen LogP contribution in [0, 0.1) is 0 Å². The Morgan fingerprint density at radius 2 is 1.50 bits per heavy atom. The molecule has 0 aromatic rings. The molecule has 0 spiro atoms. The molecule has 0 fully saturated rings. The first-order valence-electron chi connectivity index (χ1n) is 6.04. The zero-order chi connectivity index (χ0) is 12.8. The van der Waals surface area contributed by atoms with Crippen molar-refractivity contribution in [3.8, 4) is 0 Å². The Bertz CT molecular complexity index is 190. The van der Waals surface area contributed by atoms with Gasteiger partial charge in [-0.25, -0.2) is 0 Å². The van der Waals surface area contributed by atoms with Gasteiger partial charge in [-0.2, -0.15) is 0 Å². The molecular formula is C13H29NO2. The van der Waals surface area contributed by atoms with Gasteiger partial charge in [0.25, 0.3) is 0 Å². The van der Waals surface area contributed by atoms with E-state index in [-0.39, 0.29) is 11.2 Å².